The summed E-state index contributed by atoms with van der Waals surface area (Å²) in [5.41, 5.74) is 30.6. The molecule has 9 aromatic carbocycles. The van der Waals surface area contributed by atoms with Crippen molar-refractivity contribution in [1.82, 2.24) is 9.13 Å². The molecular weight excluding hydrogens is 785 g/mol. The zero-order valence-electron chi connectivity index (χ0n) is 39.9. The third-order valence-corrected chi connectivity index (χ3v) is 15.5. The molecule has 66 heavy (non-hydrogen) atoms. The largest absolute Gasteiger partial charge is 0.310 e. The first-order valence-electron chi connectivity index (χ1n) is 23.4. The van der Waals surface area contributed by atoms with E-state index < -0.39 is 0 Å². The molecule has 0 aliphatic rings. The fraction of sp³-hybridized carbons (Fsp3) is 0. The maximum absolute atomic E-state index is 2.65. The Labute approximate surface area is 397 Å². The van der Waals surface area contributed by atoms with Crippen LogP contribution in [0, 0.1) is 0 Å². The van der Waals surface area contributed by atoms with E-state index in [2.05, 4.69) is 245 Å². The fourth-order valence-corrected chi connectivity index (χ4v) is 11.2. The zero-order valence-corrected chi connectivity index (χ0v) is 39.9. The summed E-state index contributed by atoms with van der Waals surface area (Å²) in [5, 5.41) is 5.40. The standard InChI is InChI=1S/C54H46B10N2/c55-41-39-37-38-40-42(56)44(58)46(60)48(62)54(40)66(36-25-33(28-13-6-2-7-14-28)23-34(26-36)29-15-8-3-9-16-29)52(38)50(64)49(63)51(37)65(53(39)47(61)45(59)43(41)57)35-18-10-17-32(24-35)31-21-19-30(20-22-31)27-11-4-1-5-12-27/h1-26H,55-64H2. The first kappa shape index (κ1) is 41.9. The molecule has 0 atom stereocenters. The smallest absolute Gasteiger partial charge is 0.141 e. The Bertz CT molecular complexity index is 3730. The van der Waals surface area contributed by atoms with Gasteiger partial charge in [-0.15, -0.1) is 10.9 Å². The average Bonchev–Trinajstić information content (AvgIpc) is 3.91. The predicted octanol–water partition coefficient (Wildman–Crippen LogP) is -2.87. The lowest BCUT2D eigenvalue weighted by molar-refractivity contribution is 1.19. The van der Waals surface area contributed by atoms with E-state index in [-0.39, 0.29) is 0 Å². The van der Waals surface area contributed by atoms with Gasteiger partial charge in [-0.05, 0) is 74.8 Å². The molecule has 2 heterocycles. The molecule has 302 valence electrons. The number of aromatic nitrogens is 2. The summed E-state index contributed by atoms with van der Waals surface area (Å²) in [5.74, 6) is 0. The van der Waals surface area contributed by atoms with Crippen LogP contribution in [0.1, 0.15) is 0 Å². The first-order chi connectivity index (χ1) is 31.9. The maximum Gasteiger partial charge on any atom is 0.141 e. The number of fused-ring (bicyclic) bond motifs is 7. The minimum Gasteiger partial charge on any atom is -0.310 e. The second-order valence-electron chi connectivity index (χ2n) is 18.8. The summed E-state index contributed by atoms with van der Waals surface area (Å²) in [6.07, 6.45) is 0. The van der Waals surface area contributed by atoms with Crippen LogP contribution >= 0.6 is 0 Å². The van der Waals surface area contributed by atoms with Gasteiger partial charge in [-0.1, -0.05) is 171 Å². The van der Waals surface area contributed by atoms with E-state index in [0.717, 1.165) is 0 Å². The number of rotatable bonds is 6. The van der Waals surface area contributed by atoms with Gasteiger partial charge in [-0.25, -0.2) is 0 Å². The molecule has 0 radical (unpaired) electrons. The number of nitrogens with zero attached hydrogens (tertiary/aromatic N) is 2. The Morgan fingerprint density at radius 3 is 0.955 bits per heavy atom. The summed E-state index contributed by atoms with van der Waals surface area (Å²) in [6.45, 7) is 0. The highest BCUT2D eigenvalue weighted by Gasteiger charge is 2.29. The fourth-order valence-electron chi connectivity index (χ4n) is 11.2. The highest BCUT2D eigenvalue weighted by atomic mass is 15.0. The highest BCUT2D eigenvalue weighted by molar-refractivity contribution is 6.71. The Kier molecular flexibility index (Phi) is 10.1. The molecule has 2 nitrogen and oxygen atoms in total. The number of hydrogen-bond donors (Lipinski definition) is 0. The van der Waals surface area contributed by atoms with E-state index >= 15 is 0 Å². The van der Waals surface area contributed by atoms with Crippen LogP contribution in [0.4, 0.5) is 0 Å². The van der Waals surface area contributed by atoms with Gasteiger partial charge in [0.25, 0.3) is 0 Å². The molecule has 0 fully saturated rings. The van der Waals surface area contributed by atoms with Crippen LogP contribution in [0.5, 0.6) is 0 Å². The first-order valence-corrected chi connectivity index (χ1v) is 23.4. The van der Waals surface area contributed by atoms with Crippen LogP contribution in [-0.4, -0.2) is 87.6 Å². The minimum absolute atomic E-state index is 1.18. The molecule has 2 aromatic heterocycles. The van der Waals surface area contributed by atoms with Crippen molar-refractivity contribution >= 4 is 177 Å². The molecule has 0 saturated carbocycles. The van der Waals surface area contributed by atoms with Crippen molar-refractivity contribution in [3.8, 4) is 55.9 Å². The van der Waals surface area contributed by atoms with E-state index in [4.69, 9.17) is 0 Å². The molecule has 0 N–H and O–H groups in total. The van der Waals surface area contributed by atoms with Crippen LogP contribution < -0.4 is 54.6 Å². The molecule has 0 aliphatic carbocycles. The lowest BCUT2D eigenvalue weighted by Gasteiger charge is -2.19. The number of benzene rings is 9. The Balaban J connectivity index is 1.29. The summed E-state index contributed by atoms with van der Waals surface area (Å²) in [4.78, 5) is 0. The lowest BCUT2D eigenvalue weighted by Crippen LogP contribution is -2.48. The van der Waals surface area contributed by atoms with Crippen LogP contribution in [0.2, 0.25) is 0 Å². The van der Waals surface area contributed by atoms with Gasteiger partial charge in [-0.2, -0.15) is 0 Å². The maximum atomic E-state index is 2.65. The monoisotopic (exact) mass is 832 g/mol. The van der Waals surface area contributed by atoms with Crippen molar-refractivity contribution in [3.05, 3.63) is 158 Å². The van der Waals surface area contributed by atoms with E-state index in [1.54, 1.807) is 0 Å². The van der Waals surface area contributed by atoms with Crippen LogP contribution in [0.15, 0.2) is 158 Å². The molecule has 11 aromatic rings. The molecule has 0 amide bonds. The van der Waals surface area contributed by atoms with Gasteiger partial charge in [0, 0.05) is 55.0 Å². The molecule has 0 aliphatic heterocycles. The predicted molar refractivity (Wildman–Crippen MR) is 319 cm³/mol. The molecule has 11 rings (SSSR count). The van der Waals surface area contributed by atoms with Crippen molar-refractivity contribution in [1.29, 1.82) is 0 Å². The molecule has 12 heteroatoms. The van der Waals surface area contributed by atoms with Gasteiger partial charge >= 0.3 is 0 Å². The van der Waals surface area contributed by atoms with E-state index in [0.29, 0.717) is 0 Å². The van der Waals surface area contributed by atoms with Crippen LogP contribution in [-0.2, 0) is 0 Å². The van der Waals surface area contributed by atoms with Crippen molar-refractivity contribution in [2.45, 2.75) is 0 Å². The van der Waals surface area contributed by atoms with Gasteiger partial charge in [-0.3, -0.25) is 0 Å². The average molecular weight is 831 g/mol. The zero-order chi connectivity index (χ0) is 45.7. The van der Waals surface area contributed by atoms with Crippen molar-refractivity contribution in [2.24, 2.45) is 0 Å². The van der Waals surface area contributed by atoms with Gasteiger partial charge < -0.3 is 9.13 Å². The normalized spacial score (nSPS) is 11.6. The van der Waals surface area contributed by atoms with Crippen LogP contribution in [0.3, 0.4) is 0 Å². The number of hydrogen-bond acceptors (Lipinski definition) is 0. The summed E-state index contributed by atoms with van der Waals surface area (Å²) >= 11 is 0. The highest BCUT2D eigenvalue weighted by Crippen LogP contribution is 2.41. The second kappa shape index (κ2) is 16.0. The third-order valence-electron chi connectivity index (χ3n) is 15.5. The minimum atomic E-state index is 1.18. The Hall–Kier alpha value is -6.77. The van der Waals surface area contributed by atoms with Gasteiger partial charge in [0.2, 0.25) is 0 Å². The van der Waals surface area contributed by atoms with Crippen LogP contribution in [0.25, 0.3) is 99.5 Å². The van der Waals surface area contributed by atoms with Gasteiger partial charge in [0.05, 0.1) is 0 Å². The molecule has 0 saturated heterocycles. The Morgan fingerprint density at radius 2 is 0.515 bits per heavy atom. The molecule has 0 unspecified atom stereocenters. The van der Waals surface area contributed by atoms with E-state index in [1.807, 2.05) is 0 Å². The van der Waals surface area contributed by atoms with Gasteiger partial charge in [0.15, 0.2) is 0 Å². The lowest BCUT2D eigenvalue weighted by atomic mass is 9.64. The van der Waals surface area contributed by atoms with Gasteiger partial charge in [0.1, 0.15) is 78.5 Å². The van der Waals surface area contributed by atoms with E-state index in [1.165, 1.54) is 154 Å². The third kappa shape index (κ3) is 6.32. The molecule has 0 spiro atoms. The summed E-state index contributed by atoms with van der Waals surface area (Å²) < 4.78 is 5.27. The SMILES string of the molecule is Bc1c(B)c(B)c2c(c1B)c1c3c4c(B)c(B)c(B)c(B)c4n(-c4cc(-c5ccccc5)cc(-c5ccccc5)c4)c3c(B)c(B)c1n2-c1cccc(-c2ccc(-c3ccccc3)cc2)c1. The molecule has 0 bridgehead atoms. The van der Waals surface area contributed by atoms with Crippen molar-refractivity contribution < 1.29 is 0 Å². The van der Waals surface area contributed by atoms with Crippen molar-refractivity contribution in [3.63, 3.8) is 0 Å². The van der Waals surface area contributed by atoms with E-state index in [9.17, 15) is 0 Å². The second-order valence-corrected chi connectivity index (χ2v) is 18.8. The summed E-state index contributed by atoms with van der Waals surface area (Å²) in [7, 11) is 23.4. The summed E-state index contributed by atoms with van der Waals surface area (Å²) in [6, 6.07) is 57.9. The quantitative estimate of drug-likeness (QED) is 0.160. The topological polar surface area (TPSA) is 9.86 Å². The van der Waals surface area contributed by atoms with Crippen molar-refractivity contribution in [2.75, 3.05) is 0 Å². The molecular formula is C54H46B10N2. The Morgan fingerprint density at radius 1 is 0.212 bits per heavy atom.